The molecule has 0 aliphatic heterocycles. The number of carbonyl (C=O) groups excluding carboxylic acids is 3. The molecule has 0 N–H and O–H groups in total. The largest absolute Gasteiger partial charge is 0.463 e. The van der Waals surface area contributed by atoms with Gasteiger partial charge in [0.1, 0.15) is 0 Å². The van der Waals surface area contributed by atoms with Gasteiger partial charge in [0.05, 0.1) is 27.0 Å². The monoisotopic (exact) mass is 386 g/mol. The molecule has 0 unspecified atom stereocenters. The van der Waals surface area contributed by atoms with E-state index in [2.05, 4.69) is 19.7 Å². The molecule has 0 fully saturated rings. The van der Waals surface area contributed by atoms with E-state index in [1.807, 2.05) is 0 Å². The van der Waals surface area contributed by atoms with Crippen LogP contribution in [0.3, 0.4) is 0 Å². The van der Waals surface area contributed by atoms with Crippen molar-refractivity contribution in [1.82, 2.24) is 0 Å². The Morgan fingerprint density at radius 2 is 0.923 bits per heavy atom. The first-order valence-electron chi connectivity index (χ1n) is 8.31. The van der Waals surface area contributed by atoms with E-state index in [0.29, 0.717) is 37.7 Å². The minimum absolute atomic E-state index is 0.158. The quantitative estimate of drug-likeness (QED) is 0.140. The molecule has 146 valence electrons. The smallest absolute Gasteiger partial charge is 0.330 e. The lowest BCUT2D eigenvalue weighted by Crippen LogP contribution is -2.10. The zero-order chi connectivity index (χ0) is 19.8. The fraction of sp³-hybridized carbons (Fsp3) is 0.500. The van der Waals surface area contributed by atoms with Crippen LogP contribution in [-0.2, 0) is 33.2 Å². The van der Waals surface area contributed by atoms with Crippen molar-refractivity contribution < 1.29 is 33.2 Å². The maximum absolute atomic E-state index is 13.1. The Morgan fingerprint density at radius 3 is 1.15 bits per heavy atom. The van der Waals surface area contributed by atoms with Gasteiger partial charge in [-0.3, -0.25) is 0 Å². The summed E-state index contributed by atoms with van der Waals surface area (Å²) in [6, 6.07) is 0. The van der Waals surface area contributed by atoms with E-state index in [4.69, 9.17) is 14.2 Å². The zero-order valence-corrected chi connectivity index (χ0v) is 15.9. The molecular weight excluding hydrogens is 359 g/mol. The lowest BCUT2D eigenvalue weighted by atomic mass is 10.5. The van der Waals surface area contributed by atoms with Crippen molar-refractivity contribution in [2.24, 2.45) is 0 Å². The minimum Gasteiger partial charge on any atom is -0.463 e. The predicted molar refractivity (Wildman–Crippen MR) is 99.5 cm³/mol. The third kappa shape index (κ3) is 12.3. The van der Waals surface area contributed by atoms with E-state index in [0.717, 1.165) is 18.2 Å². The number of esters is 3. The van der Waals surface area contributed by atoms with Crippen LogP contribution in [0.25, 0.3) is 0 Å². The summed E-state index contributed by atoms with van der Waals surface area (Å²) in [7, 11) is -2.58. The van der Waals surface area contributed by atoms with E-state index >= 15 is 0 Å². The van der Waals surface area contributed by atoms with E-state index in [1.165, 1.54) is 0 Å². The van der Waals surface area contributed by atoms with E-state index in [-0.39, 0.29) is 19.8 Å². The predicted octanol–water partition coefficient (Wildman–Crippen LogP) is 2.71. The summed E-state index contributed by atoms with van der Waals surface area (Å²) in [5, 5.41) is 0. The first kappa shape index (κ1) is 23.9. The summed E-state index contributed by atoms with van der Waals surface area (Å²) in [6.45, 7) is 10.4. The van der Waals surface area contributed by atoms with Crippen molar-refractivity contribution in [2.75, 3.05) is 38.3 Å². The molecule has 0 aliphatic carbocycles. The Balaban J connectivity index is 4.41. The Morgan fingerprint density at radius 1 is 0.654 bits per heavy atom. The van der Waals surface area contributed by atoms with E-state index in [1.54, 1.807) is 0 Å². The molecule has 0 aliphatic rings. The number of carbonyl (C=O) groups is 3. The number of hydrogen-bond donors (Lipinski definition) is 0. The van der Waals surface area contributed by atoms with Crippen LogP contribution < -0.4 is 0 Å². The van der Waals surface area contributed by atoms with Gasteiger partial charge in [-0.1, -0.05) is 19.7 Å². The first-order valence-corrected chi connectivity index (χ1v) is 10.6. The van der Waals surface area contributed by atoms with Crippen LogP contribution in [0.15, 0.2) is 38.0 Å². The molecule has 0 bridgehead atoms. The maximum atomic E-state index is 13.1. The number of hydrogen-bond acceptors (Lipinski definition) is 7. The second-order valence-electron chi connectivity index (χ2n) is 5.40. The molecule has 0 amide bonds. The molecule has 0 rings (SSSR count). The molecule has 0 aromatic carbocycles. The molecule has 0 spiro atoms. The van der Waals surface area contributed by atoms with Gasteiger partial charge in [0.2, 0.25) is 0 Å². The summed E-state index contributed by atoms with van der Waals surface area (Å²) in [4.78, 5) is 33.1. The molecule has 26 heavy (non-hydrogen) atoms. The van der Waals surface area contributed by atoms with Gasteiger partial charge in [-0.2, -0.15) is 0 Å². The Hall–Kier alpha value is -2.14. The van der Waals surface area contributed by atoms with Gasteiger partial charge in [0.25, 0.3) is 0 Å². The molecule has 0 saturated carbocycles. The third-order valence-corrected chi connectivity index (χ3v) is 6.76. The molecule has 0 radical (unpaired) electrons. The highest BCUT2D eigenvalue weighted by atomic mass is 31.2. The summed E-state index contributed by atoms with van der Waals surface area (Å²) >= 11 is 0. The molecule has 0 aromatic heterocycles. The lowest BCUT2D eigenvalue weighted by molar-refractivity contribution is -0.138. The topological polar surface area (TPSA) is 96.0 Å². The van der Waals surface area contributed by atoms with Gasteiger partial charge in [-0.25, -0.2) is 14.4 Å². The normalized spacial score (nSPS) is 10.5. The van der Waals surface area contributed by atoms with Gasteiger partial charge < -0.3 is 18.8 Å². The second kappa shape index (κ2) is 14.1. The summed E-state index contributed by atoms with van der Waals surface area (Å²) in [6.07, 6.45) is 5.75. The zero-order valence-electron chi connectivity index (χ0n) is 15.0. The van der Waals surface area contributed by atoms with Gasteiger partial charge in [-0.15, -0.1) is 0 Å². The lowest BCUT2D eigenvalue weighted by Gasteiger charge is -2.18. The van der Waals surface area contributed by atoms with Crippen LogP contribution in [0.5, 0.6) is 0 Å². The Bertz CT molecular complexity index is 478. The summed E-state index contributed by atoms with van der Waals surface area (Å²) in [5.74, 6) is -1.56. The van der Waals surface area contributed by atoms with Crippen LogP contribution in [0.2, 0.25) is 0 Å². The van der Waals surface area contributed by atoms with Gasteiger partial charge >= 0.3 is 17.9 Å². The average molecular weight is 386 g/mol. The average Bonchev–Trinajstić information content (AvgIpc) is 2.65. The van der Waals surface area contributed by atoms with Crippen LogP contribution in [0, 0.1) is 0 Å². The van der Waals surface area contributed by atoms with Crippen molar-refractivity contribution in [2.45, 2.75) is 19.3 Å². The second-order valence-corrected chi connectivity index (χ2v) is 8.86. The van der Waals surface area contributed by atoms with Crippen molar-refractivity contribution in [1.29, 1.82) is 0 Å². The minimum atomic E-state index is -2.58. The van der Waals surface area contributed by atoms with Crippen molar-refractivity contribution in [3.63, 3.8) is 0 Å². The molecule has 0 aromatic rings. The van der Waals surface area contributed by atoms with Crippen LogP contribution in [0.1, 0.15) is 19.3 Å². The van der Waals surface area contributed by atoms with Crippen LogP contribution in [-0.4, -0.2) is 56.2 Å². The summed E-state index contributed by atoms with van der Waals surface area (Å²) in [5.41, 5.74) is 0. The van der Waals surface area contributed by atoms with Crippen molar-refractivity contribution >= 4 is 25.0 Å². The van der Waals surface area contributed by atoms with Gasteiger partial charge in [-0.05, 0) is 19.3 Å². The fourth-order valence-corrected chi connectivity index (χ4v) is 4.88. The number of ether oxygens (including phenoxy) is 3. The summed E-state index contributed by atoms with van der Waals surface area (Å²) < 4.78 is 27.7. The fourth-order valence-electron chi connectivity index (χ4n) is 2.09. The molecular formula is C18H27O7P. The van der Waals surface area contributed by atoms with E-state index < -0.39 is 25.0 Å². The maximum Gasteiger partial charge on any atom is 0.330 e. The molecule has 8 heteroatoms. The number of rotatable bonds is 15. The van der Waals surface area contributed by atoms with Crippen LogP contribution in [0.4, 0.5) is 0 Å². The van der Waals surface area contributed by atoms with Crippen molar-refractivity contribution in [3.8, 4) is 0 Å². The van der Waals surface area contributed by atoms with E-state index in [9.17, 15) is 18.9 Å². The highest BCUT2D eigenvalue weighted by Crippen LogP contribution is 2.47. The van der Waals surface area contributed by atoms with Crippen molar-refractivity contribution in [3.05, 3.63) is 38.0 Å². The highest BCUT2D eigenvalue weighted by Gasteiger charge is 2.21. The SMILES string of the molecule is C=CC(=O)OCCCP(=O)(CCCOC(=O)C=C)CCCOC(=O)C=C. The molecule has 0 atom stereocenters. The van der Waals surface area contributed by atoms with Gasteiger partial charge in [0.15, 0.2) is 0 Å². The standard InChI is InChI=1S/C18H27O7P/c1-4-16(19)23-10-7-13-26(22,14-8-11-24-17(20)5-2)15-9-12-25-18(21)6-3/h4-6H,1-3,7-15H2. The van der Waals surface area contributed by atoms with Crippen LogP contribution >= 0.6 is 7.14 Å². The molecule has 0 saturated heterocycles. The third-order valence-electron chi connectivity index (χ3n) is 3.36. The molecule has 0 heterocycles. The Labute approximate surface area is 154 Å². The first-order chi connectivity index (χ1) is 12.4. The molecule has 7 nitrogen and oxygen atoms in total. The highest BCUT2D eigenvalue weighted by molar-refractivity contribution is 7.63. The van der Waals surface area contributed by atoms with Gasteiger partial charge in [0, 0.05) is 36.7 Å². The Kier molecular flexibility index (Phi) is 12.9.